The molecule has 0 saturated carbocycles. The third-order valence-corrected chi connectivity index (χ3v) is 9.68. The quantitative estimate of drug-likeness (QED) is 0.242. The number of likely N-dealkylation sites (tertiary alicyclic amines) is 1. The first-order valence-electron chi connectivity index (χ1n) is 14.3. The van der Waals surface area contributed by atoms with Crippen LogP contribution in [0.5, 0.6) is 5.75 Å². The van der Waals surface area contributed by atoms with Crippen LogP contribution in [0, 0.1) is 0 Å². The number of carbonyl (C=O) groups excluding carboxylic acids is 1. The van der Waals surface area contributed by atoms with Gasteiger partial charge in [-0.15, -0.1) is 0 Å². The molecule has 3 aromatic carbocycles. The minimum Gasteiger partial charge on any atom is -0.487 e. The summed E-state index contributed by atoms with van der Waals surface area (Å²) in [5.74, 6) is -4.26. The van der Waals surface area contributed by atoms with E-state index in [2.05, 4.69) is 0 Å². The molecule has 1 spiro atoms. The van der Waals surface area contributed by atoms with E-state index in [1.54, 1.807) is 12.1 Å². The van der Waals surface area contributed by atoms with Crippen LogP contribution in [-0.4, -0.2) is 56.8 Å². The molecule has 0 aromatic heterocycles. The number of piperidine rings is 1. The number of ether oxygens (including phenoxy) is 2. The Morgan fingerprint density at radius 3 is 2.09 bits per heavy atom. The summed E-state index contributed by atoms with van der Waals surface area (Å²) in [6.45, 7) is -0.570. The second kappa shape index (κ2) is 12.4. The van der Waals surface area contributed by atoms with Crippen molar-refractivity contribution >= 4 is 15.9 Å². The fourth-order valence-electron chi connectivity index (χ4n) is 5.58. The molecule has 0 atom stereocenters. The maximum absolute atomic E-state index is 13.1. The van der Waals surface area contributed by atoms with Crippen molar-refractivity contribution in [3.63, 3.8) is 0 Å². The molecule has 1 saturated heterocycles. The molecule has 0 bridgehead atoms. The Balaban J connectivity index is 1.14. The Labute approximate surface area is 252 Å². The lowest BCUT2D eigenvalue weighted by Crippen LogP contribution is -2.51. The van der Waals surface area contributed by atoms with E-state index in [-0.39, 0.29) is 24.6 Å². The van der Waals surface area contributed by atoms with Gasteiger partial charge in [0.1, 0.15) is 11.4 Å². The van der Waals surface area contributed by atoms with Gasteiger partial charge in [0.2, 0.25) is 0 Å². The van der Waals surface area contributed by atoms with Gasteiger partial charge in [0.25, 0.3) is 0 Å². The number of rotatable bonds is 8. The molecule has 0 aliphatic carbocycles. The van der Waals surface area contributed by atoms with Gasteiger partial charge in [0.05, 0.1) is 24.5 Å². The lowest BCUT2D eigenvalue weighted by molar-refractivity contribution is -0.286. The molecule has 0 unspecified atom stereocenters. The zero-order valence-electron chi connectivity index (χ0n) is 23.8. The predicted octanol–water partition coefficient (Wildman–Crippen LogP) is 7.35. The number of nitrogens with zero attached hydrogens (tertiary/aromatic N) is 1. The molecule has 0 N–H and O–H groups in total. The third-order valence-electron chi connectivity index (χ3n) is 8.13. The average molecular weight is 638 g/mol. The molecular formula is C32H32F5NO5S. The van der Waals surface area contributed by atoms with Crippen molar-refractivity contribution < 1.29 is 44.6 Å². The first-order chi connectivity index (χ1) is 20.7. The second-order valence-electron chi connectivity index (χ2n) is 11.4. The van der Waals surface area contributed by atoms with Crippen LogP contribution >= 0.6 is 0 Å². The SMILES string of the molecule is O=C(OCCC(F)(F)C(F)(F)F)N1CCC2(CCc3cc(-c4ccc(CS(=O)(=O)Cc5ccccc5)cc4)ccc3O2)CC1. The summed E-state index contributed by atoms with van der Waals surface area (Å²) in [7, 11) is -3.32. The van der Waals surface area contributed by atoms with Crippen LogP contribution in [0.25, 0.3) is 11.1 Å². The lowest BCUT2D eigenvalue weighted by Gasteiger charge is -2.44. The number of carbonyl (C=O) groups is 1. The van der Waals surface area contributed by atoms with Crippen LogP contribution in [-0.2, 0) is 32.5 Å². The molecule has 12 heteroatoms. The molecule has 44 heavy (non-hydrogen) atoms. The van der Waals surface area contributed by atoms with Gasteiger partial charge in [-0.3, -0.25) is 0 Å². The Bertz CT molecular complexity index is 1570. The van der Waals surface area contributed by atoms with E-state index in [0.717, 1.165) is 34.4 Å². The van der Waals surface area contributed by atoms with Crippen molar-refractivity contribution in [2.24, 2.45) is 0 Å². The Kier molecular flexibility index (Phi) is 8.93. The summed E-state index contributed by atoms with van der Waals surface area (Å²) in [4.78, 5) is 13.5. The van der Waals surface area contributed by atoms with Crippen LogP contribution in [0.2, 0.25) is 0 Å². The van der Waals surface area contributed by atoms with E-state index in [1.165, 1.54) is 4.90 Å². The van der Waals surface area contributed by atoms with Gasteiger partial charge in [-0.25, -0.2) is 13.2 Å². The molecule has 2 heterocycles. The minimum absolute atomic E-state index is 0.0170. The molecule has 1 amide bonds. The van der Waals surface area contributed by atoms with Gasteiger partial charge in [0.15, 0.2) is 9.84 Å². The van der Waals surface area contributed by atoms with Crippen molar-refractivity contribution in [3.05, 3.63) is 89.5 Å². The van der Waals surface area contributed by atoms with Gasteiger partial charge in [-0.2, -0.15) is 22.0 Å². The zero-order chi connectivity index (χ0) is 31.6. The number of benzene rings is 3. The van der Waals surface area contributed by atoms with Gasteiger partial charge < -0.3 is 14.4 Å². The topological polar surface area (TPSA) is 72.9 Å². The smallest absolute Gasteiger partial charge is 0.453 e. The molecule has 5 rings (SSSR count). The largest absolute Gasteiger partial charge is 0.487 e. The Hall–Kier alpha value is -3.67. The maximum Gasteiger partial charge on any atom is 0.453 e. The van der Waals surface area contributed by atoms with Crippen LogP contribution in [0.1, 0.15) is 42.4 Å². The number of hydrogen-bond donors (Lipinski definition) is 0. The average Bonchev–Trinajstić information content (AvgIpc) is 2.97. The summed E-state index contributed by atoms with van der Waals surface area (Å²) in [6, 6.07) is 22.4. The van der Waals surface area contributed by atoms with Crippen LogP contribution < -0.4 is 4.74 Å². The van der Waals surface area contributed by atoms with Crippen LogP contribution in [0.3, 0.4) is 0 Å². The Morgan fingerprint density at radius 2 is 1.45 bits per heavy atom. The second-order valence-corrected chi connectivity index (χ2v) is 13.4. The van der Waals surface area contributed by atoms with Crippen LogP contribution in [0.15, 0.2) is 72.8 Å². The summed E-state index contributed by atoms with van der Waals surface area (Å²) in [5.41, 5.74) is 3.88. The monoisotopic (exact) mass is 637 g/mol. The van der Waals surface area contributed by atoms with Gasteiger partial charge >= 0.3 is 18.2 Å². The summed E-state index contributed by atoms with van der Waals surface area (Å²) < 4.78 is 99.5. The van der Waals surface area contributed by atoms with E-state index >= 15 is 0 Å². The van der Waals surface area contributed by atoms with Crippen molar-refractivity contribution in [1.82, 2.24) is 4.90 Å². The molecule has 1 fully saturated rings. The predicted molar refractivity (Wildman–Crippen MR) is 154 cm³/mol. The Morgan fingerprint density at radius 1 is 0.841 bits per heavy atom. The number of hydrogen-bond acceptors (Lipinski definition) is 5. The van der Waals surface area contributed by atoms with E-state index < -0.39 is 46.7 Å². The van der Waals surface area contributed by atoms with Crippen molar-refractivity contribution in [1.29, 1.82) is 0 Å². The van der Waals surface area contributed by atoms with E-state index in [4.69, 9.17) is 9.47 Å². The van der Waals surface area contributed by atoms with E-state index in [0.29, 0.717) is 24.8 Å². The van der Waals surface area contributed by atoms with Gasteiger partial charge in [-0.05, 0) is 52.8 Å². The highest BCUT2D eigenvalue weighted by atomic mass is 32.2. The van der Waals surface area contributed by atoms with Crippen molar-refractivity contribution in [3.8, 4) is 16.9 Å². The molecule has 2 aliphatic heterocycles. The number of aryl methyl sites for hydroxylation is 1. The molecular weight excluding hydrogens is 605 g/mol. The summed E-state index contributed by atoms with van der Waals surface area (Å²) in [6.07, 6.45) is -5.86. The van der Waals surface area contributed by atoms with Gasteiger partial charge in [0, 0.05) is 25.9 Å². The van der Waals surface area contributed by atoms with Crippen molar-refractivity contribution in [2.45, 2.75) is 61.3 Å². The fourth-order valence-corrected chi connectivity index (χ4v) is 7.08. The highest BCUT2D eigenvalue weighted by Gasteiger charge is 2.57. The molecule has 2 aliphatic rings. The third kappa shape index (κ3) is 7.51. The standard InChI is InChI=1S/C32H32F5NO5S/c33-31(34,32(35,36)37)16-19-42-29(39)38-17-14-30(15-18-38)13-12-27-20-26(10-11-28(27)43-30)25-8-6-24(7-9-25)22-44(40,41)21-23-4-2-1-3-5-23/h1-11,20H,12-19,21-22H2. The normalized spacial score (nSPS) is 16.7. The maximum atomic E-state index is 13.1. The molecule has 3 aromatic rings. The first-order valence-corrected chi connectivity index (χ1v) is 16.1. The van der Waals surface area contributed by atoms with E-state index in [1.807, 2.05) is 60.7 Å². The van der Waals surface area contributed by atoms with E-state index in [9.17, 15) is 35.2 Å². The zero-order valence-corrected chi connectivity index (χ0v) is 24.6. The number of amides is 1. The van der Waals surface area contributed by atoms with Crippen molar-refractivity contribution in [2.75, 3.05) is 19.7 Å². The summed E-state index contributed by atoms with van der Waals surface area (Å²) >= 11 is 0. The highest BCUT2D eigenvalue weighted by molar-refractivity contribution is 7.89. The lowest BCUT2D eigenvalue weighted by atomic mass is 9.82. The fraction of sp³-hybridized carbons (Fsp3) is 0.406. The molecule has 236 valence electrons. The minimum atomic E-state index is -5.69. The van der Waals surface area contributed by atoms with Crippen LogP contribution in [0.4, 0.5) is 26.7 Å². The number of halogens is 5. The molecule has 6 nitrogen and oxygen atoms in total. The first kappa shape index (κ1) is 31.7. The summed E-state index contributed by atoms with van der Waals surface area (Å²) in [5, 5.41) is 0. The highest BCUT2D eigenvalue weighted by Crippen LogP contribution is 2.41. The number of sulfone groups is 1. The number of alkyl halides is 5. The molecule has 0 radical (unpaired) electrons. The number of fused-ring (bicyclic) bond motifs is 1. The van der Waals surface area contributed by atoms with Gasteiger partial charge in [-0.1, -0.05) is 60.7 Å².